The first-order valence-corrected chi connectivity index (χ1v) is 9.98. The van der Waals surface area contributed by atoms with Crippen molar-refractivity contribution in [3.05, 3.63) is 59.7 Å². The summed E-state index contributed by atoms with van der Waals surface area (Å²) in [6, 6.07) is 15.7. The van der Waals surface area contributed by atoms with Crippen LogP contribution in [-0.4, -0.2) is 50.2 Å². The van der Waals surface area contributed by atoms with E-state index < -0.39 is 0 Å². The molecule has 0 aliphatic carbocycles. The van der Waals surface area contributed by atoms with Gasteiger partial charge >= 0.3 is 0 Å². The van der Waals surface area contributed by atoms with Crippen molar-refractivity contribution in [2.45, 2.75) is 26.2 Å². The maximum absolute atomic E-state index is 12.5. The SMILES string of the molecule is CC(C)(C)c1ccc(C(=O)Nc2ccc(NCCN3CCOCC3)cc2)cc1. The van der Waals surface area contributed by atoms with Gasteiger partial charge in [-0.3, -0.25) is 9.69 Å². The van der Waals surface area contributed by atoms with Crippen LogP contribution in [0, 0.1) is 0 Å². The Bertz CT molecular complexity index is 758. The fourth-order valence-electron chi connectivity index (χ4n) is 3.18. The fourth-order valence-corrected chi connectivity index (χ4v) is 3.18. The van der Waals surface area contributed by atoms with E-state index in [2.05, 4.69) is 36.3 Å². The summed E-state index contributed by atoms with van der Waals surface area (Å²) in [7, 11) is 0. The number of nitrogens with one attached hydrogen (secondary N) is 2. The highest BCUT2D eigenvalue weighted by atomic mass is 16.5. The summed E-state index contributed by atoms with van der Waals surface area (Å²) in [5.74, 6) is -0.0894. The number of nitrogens with zero attached hydrogens (tertiary/aromatic N) is 1. The van der Waals surface area contributed by atoms with Crippen LogP contribution in [0.15, 0.2) is 48.5 Å². The van der Waals surface area contributed by atoms with E-state index in [0.717, 1.165) is 50.8 Å². The maximum atomic E-state index is 12.5. The van der Waals surface area contributed by atoms with Crippen molar-refractivity contribution in [3.63, 3.8) is 0 Å². The second-order valence-corrected chi connectivity index (χ2v) is 8.24. The molecule has 1 aliphatic heterocycles. The number of rotatable bonds is 6. The summed E-state index contributed by atoms with van der Waals surface area (Å²) >= 11 is 0. The normalized spacial score (nSPS) is 15.2. The molecule has 0 radical (unpaired) electrons. The number of anilines is 2. The van der Waals surface area contributed by atoms with Gasteiger partial charge in [0.2, 0.25) is 0 Å². The van der Waals surface area contributed by atoms with Gasteiger partial charge < -0.3 is 15.4 Å². The van der Waals surface area contributed by atoms with E-state index in [1.165, 1.54) is 5.56 Å². The molecule has 2 aromatic rings. The summed E-state index contributed by atoms with van der Waals surface area (Å²) in [6.07, 6.45) is 0. The number of benzene rings is 2. The summed E-state index contributed by atoms with van der Waals surface area (Å²) in [6.45, 7) is 12.1. The largest absolute Gasteiger partial charge is 0.384 e. The van der Waals surface area contributed by atoms with Crippen molar-refractivity contribution in [1.82, 2.24) is 4.90 Å². The monoisotopic (exact) mass is 381 g/mol. The molecule has 5 heteroatoms. The Labute approximate surface area is 168 Å². The Morgan fingerprint density at radius 3 is 2.18 bits per heavy atom. The molecule has 1 heterocycles. The predicted octanol–water partition coefficient (Wildman–Crippen LogP) is 3.98. The molecule has 1 fully saturated rings. The second-order valence-electron chi connectivity index (χ2n) is 8.24. The average molecular weight is 382 g/mol. The predicted molar refractivity (Wildman–Crippen MR) is 115 cm³/mol. The van der Waals surface area contributed by atoms with Crippen LogP contribution in [0.25, 0.3) is 0 Å². The first-order valence-electron chi connectivity index (χ1n) is 9.98. The number of carbonyl (C=O) groups excluding carboxylic acids is 1. The van der Waals surface area contributed by atoms with E-state index in [4.69, 9.17) is 4.74 Å². The van der Waals surface area contributed by atoms with E-state index in [1.54, 1.807) is 0 Å². The number of ether oxygens (including phenoxy) is 1. The molecule has 2 aromatic carbocycles. The molecule has 0 aromatic heterocycles. The van der Waals surface area contributed by atoms with Gasteiger partial charge in [0, 0.05) is 43.1 Å². The van der Waals surface area contributed by atoms with Gasteiger partial charge in [-0.05, 0) is 47.4 Å². The van der Waals surface area contributed by atoms with Crippen LogP contribution in [0.3, 0.4) is 0 Å². The lowest BCUT2D eigenvalue weighted by Gasteiger charge is -2.26. The summed E-state index contributed by atoms with van der Waals surface area (Å²) < 4.78 is 5.37. The first-order chi connectivity index (χ1) is 13.4. The van der Waals surface area contributed by atoms with E-state index in [0.29, 0.717) is 5.56 Å². The van der Waals surface area contributed by atoms with Crippen molar-refractivity contribution >= 4 is 17.3 Å². The molecule has 1 saturated heterocycles. The minimum absolute atomic E-state index is 0.0829. The van der Waals surface area contributed by atoms with E-state index >= 15 is 0 Å². The molecule has 0 spiro atoms. The molecular weight excluding hydrogens is 350 g/mol. The quantitative estimate of drug-likeness (QED) is 0.795. The molecule has 2 N–H and O–H groups in total. The molecule has 0 unspecified atom stereocenters. The Morgan fingerprint density at radius 1 is 0.964 bits per heavy atom. The fraction of sp³-hybridized carbons (Fsp3) is 0.435. The van der Waals surface area contributed by atoms with Gasteiger partial charge in [-0.2, -0.15) is 0 Å². The molecule has 5 nitrogen and oxygen atoms in total. The third kappa shape index (κ3) is 5.81. The molecule has 1 aliphatic rings. The van der Waals surface area contributed by atoms with Crippen molar-refractivity contribution in [2.24, 2.45) is 0 Å². The topological polar surface area (TPSA) is 53.6 Å². The Kier molecular flexibility index (Phi) is 6.70. The minimum Gasteiger partial charge on any atom is -0.384 e. The number of carbonyl (C=O) groups is 1. The van der Waals surface area contributed by atoms with Crippen LogP contribution >= 0.6 is 0 Å². The Balaban J connectivity index is 1.48. The molecule has 28 heavy (non-hydrogen) atoms. The Morgan fingerprint density at radius 2 is 1.57 bits per heavy atom. The number of amides is 1. The molecule has 0 atom stereocenters. The standard InChI is InChI=1S/C23H31N3O2/c1-23(2,3)19-6-4-18(5-7-19)22(27)25-21-10-8-20(9-11-21)24-12-13-26-14-16-28-17-15-26/h4-11,24H,12-17H2,1-3H3,(H,25,27). The van der Waals surface area contributed by atoms with Crippen molar-refractivity contribution in [1.29, 1.82) is 0 Å². The molecule has 150 valence electrons. The number of hydrogen-bond donors (Lipinski definition) is 2. The van der Waals surface area contributed by atoms with Gasteiger partial charge in [-0.25, -0.2) is 0 Å². The van der Waals surface area contributed by atoms with Crippen LogP contribution in [0.4, 0.5) is 11.4 Å². The molecule has 0 saturated carbocycles. The highest BCUT2D eigenvalue weighted by Crippen LogP contribution is 2.22. The van der Waals surface area contributed by atoms with Gasteiger partial charge in [0.1, 0.15) is 0 Å². The highest BCUT2D eigenvalue weighted by molar-refractivity contribution is 6.04. The molecule has 3 rings (SSSR count). The molecule has 1 amide bonds. The van der Waals surface area contributed by atoms with Gasteiger partial charge in [0.15, 0.2) is 0 Å². The van der Waals surface area contributed by atoms with Crippen LogP contribution < -0.4 is 10.6 Å². The number of hydrogen-bond acceptors (Lipinski definition) is 4. The summed E-state index contributed by atoms with van der Waals surface area (Å²) in [5.41, 5.74) is 3.82. The lowest BCUT2D eigenvalue weighted by molar-refractivity contribution is 0.0398. The zero-order chi connectivity index (χ0) is 20.0. The van der Waals surface area contributed by atoms with Crippen molar-refractivity contribution in [3.8, 4) is 0 Å². The lowest BCUT2D eigenvalue weighted by Crippen LogP contribution is -2.38. The van der Waals surface area contributed by atoms with Crippen molar-refractivity contribution in [2.75, 3.05) is 50.0 Å². The summed E-state index contributed by atoms with van der Waals surface area (Å²) in [4.78, 5) is 14.9. The van der Waals surface area contributed by atoms with E-state index in [-0.39, 0.29) is 11.3 Å². The maximum Gasteiger partial charge on any atom is 0.255 e. The van der Waals surface area contributed by atoms with Crippen LogP contribution in [0.5, 0.6) is 0 Å². The Hall–Kier alpha value is -2.37. The number of morpholine rings is 1. The zero-order valence-corrected chi connectivity index (χ0v) is 17.1. The minimum atomic E-state index is -0.0894. The van der Waals surface area contributed by atoms with Crippen LogP contribution in [0.1, 0.15) is 36.7 Å². The van der Waals surface area contributed by atoms with Gasteiger partial charge in [-0.15, -0.1) is 0 Å². The van der Waals surface area contributed by atoms with Gasteiger partial charge in [0.25, 0.3) is 5.91 Å². The summed E-state index contributed by atoms with van der Waals surface area (Å²) in [5, 5.41) is 6.39. The second kappa shape index (κ2) is 9.22. The van der Waals surface area contributed by atoms with Gasteiger partial charge in [-0.1, -0.05) is 32.9 Å². The third-order valence-electron chi connectivity index (χ3n) is 5.02. The lowest BCUT2D eigenvalue weighted by atomic mass is 9.87. The van der Waals surface area contributed by atoms with E-state index in [9.17, 15) is 4.79 Å². The van der Waals surface area contributed by atoms with E-state index in [1.807, 2.05) is 48.5 Å². The van der Waals surface area contributed by atoms with Gasteiger partial charge in [0.05, 0.1) is 13.2 Å². The zero-order valence-electron chi connectivity index (χ0n) is 17.1. The first kappa shape index (κ1) is 20.4. The highest BCUT2D eigenvalue weighted by Gasteiger charge is 2.14. The van der Waals surface area contributed by atoms with Crippen molar-refractivity contribution < 1.29 is 9.53 Å². The van der Waals surface area contributed by atoms with Crippen LogP contribution in [0.2, 0.25) is 0 Å². The molecule has 0 bridgehead atoms. The third-order valence-corrected chi connectivity index (χ3v) is 5.02. The molecular formula is C23H31N3O2. The van der Waals surface area contributed by atoms with Crippen LogP contribution in [-0.2, 0) is 10.2 Å². The smallest absolute Gasteiger partial charge is 0.255 e. The average Bonchev–Trinajstić information content (AvgIpc) is 2.69.